The van der Waals surface area contributed by atoms with Crippen molar-refractivity contribution in [2.75, 3.05) is 31.6 Å². The average molecular weight is 316 g/mol. The van der Waals surface area contributed by atoms with E-state index in [0.717, 1.165) is 31.4 Å². The molecule has 2 heterocycles. The minimum Gasteiger partial charge on any atom is -0.381 e. The van der Waals surface area contributed by atoms with E-state index in [1.807, 2.05) is 35.2 Å². The molecule has 23 heavy (non-hydrogen) atoms. The predicted octanol–water partition coefficient (Wildman–Crippen LogP) is 2.29. The molecule has 2 aliphatic heterocycles. The highest BCUT2D eigenvalue weighted by molar-refractivity contribution is 5.92. The first-order valence-electron chi connectivity index (χ1n) is 8.46. The third kappa shape index (κ3) is 4.10. The fraction of sp³-hybridized carbons (Fsp3) is 0.556. The maximum Gasteiger partial charge on any atom is 0.227 e. The van der Waals surface area contributed by atoms with Crippen LogP contribution in [0.1, 0.15) is 25.7 Å². The van der Waals surface area contributed by atoms with Gasteiger partial charge in [-0.1, -0.05) is 18.2 Å². The Morgan fingerprint density at radius 2 is 1.61 bits per heavy atom. The molecule has 0 saturated carbocycles. The number of carbonyl (C=O) groups is 2. The summed E-state index contributed by atoms with van der Waals surface area (Å²) in [6.07, 6.45) is 3.14. The highest BCUT2D eigenvalue weighted by atomic mass is 16.5. The number of nitrogens with one attached hydrogen (secondary N) is 1. The Labute approximate surface area is 137 Å². The zero-order valence-corrected chi connectivity index (χ0v) is 13.4. The van der Waals surface area contributed by atoms with E-state index in [9.17, 15) is 9.59 Å². The fourth-order valence-electron chi connectivity index (χ4n) is 3.33. The van der Waals surface area contributed by atoms with Gasteiger partial charge >= 0.3 is 0 Å². The van der Waals surface area contributed by atoms with Gasteiger partial charge in [0.2, 0.25) is 11.8 Å². The summed E-state index contributed by atoms with van der Waals surface area (Å²) < 4.78 is 5.32. The highest BCUT2D eigenvalue weighted by Gasteiger charge is 2.31. The molecule has 2 fully saturated rings. The van der Waals surface area contributed by atoms with Gasteiger partial charge in [0.05, 0.1) is 0 Å². The van der Waals surface area contributed by atoms with Crippen LogP contribution in [0.15, 0.2) is 30.3 Å². The molecule has 0 bridgehead atoms. The maximum absolute atomic E-state index is 12.5. The number of benzene rings is 1. The Morgan fingerprint density at radius 1 is 0.957 bits per heavy atom. The van der Waals surface area contributed by atoms with Crippen LogP contribution in [0.5, 0.6) is 0 Å². The van der Waals surface area contributed by atoms with E-state index >= 15 is 0 Å². The normalized spacial score (nSPS) is 20.3. The van der Waals surface area contributed by atoms with Crippen molar-refractivity contribution in [1.82, 2.24) is 4.90 Å². The van der Waals surface area contributed by atoms with Crippen molar-refractivity contribution >= 4 is 17.5 Å². The number of para-hydroxylation sites is 1. The molecule has 0 spiro atoms. The number of piperidine rings is 1. The number of rotatable bonds is 3. The summed E-state index contributed by atoms with van der Waals surface area (Å²) in [5, 5.41) is 2.96. The summed E-state index contributed by atoms with van der Waals surface area (Å²) in [6, 6.07) is 9.52. The highest BCUT2D eigenvalue weighted by Crippen LogP contribution is 2.24. The molecule has 3 rings (SSSR count). The van der Waals surface area contributed by atoms with Gasteiger partial charge in [0, 0.05) is 43.8 Å². The molecule has 0 unspecified atom stereocenters. The van der Waals surface area contributed by atoms with Crippen LogP contribution in [0.4, 0.5) is 5.69 Å². The van der Waals surface area contributed by atoms with Crippen LogP contribution in [-0.4, -0.2) is 43.0 Å². The number of ether oxygens (including phenoxy) is 1. The van der Waals surface area contributed by atoms with Gasteiger partial charge in [-0.05, 0) is 37.8 Å². The molecule has 5 heteroatoms. The van der Waals surface area contributed by atoms with E-state index < -0.39 is 0 Å². The maximum atomic E-state index is 12.5. The van der Waals surface area contributed by atoms with Crippen molar-refractivity contribution in [2.45, 2.75) is 25.7 Å². The Hall–Kier alpha value is -1.88. The second kappa shape index (κ2) is 7.59. The lowest BCUT2D eigenvalue weighted by molar-refractivity contribution is -0.141. The molecule has 1 aromatic carbocycles. The smallest absolute Gasteiger partial charge is 0.227 e. The third-order valence-corrected chi connectivity index (χ3v) is 4.79. The number of likely N-dealkylation sites (tertiary alicyclic amines) is 1. The Morgan fingerprint density at radius 3 is 2.26 bits per heavy atom. The molecule has 0 radical (unpaired) electrons. The lowest BCUT2D eigenvalue weighted by atomic mass is 9.93. The topological polar surface area (TPSA) is 58.6 Å². The first-order valence-corrected chi connectivity index (χ1v) is 8.46. The standard InChI is InChI=1S/C18H24N2O3/c21-17(19-16-4-2-1-3-5-16)14-6-10-20(11-7-14)18(22)15-8-12-23-13-9-15/h1-5,14-15H,6-13H2,(H,19,21). The summed E-state index contributed by atoms with van der Waals surface area (Å²) in [5.41, 5.74) is 0.832. The van der Waals surface area contributed by atoms with E-state index in [4.69, 9.17) is 4.74 Å². The molecule has 2 saturated heterocycles. The average Bonchev–Trinajstić information content (AvgIpc) is 2.63. The number of amides is 2. The van der Waals surface area contributed by atoms with Crippen LogP contribution in [0.25, 0.3) is 0 Å². The van der Waals surface area contributed by atoms with Crippen molar-refractivity contribution in [3.8, 4) is 0 Å². The van der Waals surface area contributed by atoms with Crippen LogP contribution < -0.4 is 5.32 Å². The van der Waals surface area contributed by atoms with Crippen molar-refractivity contribution in [3.05, 3.63) is 30.3 Å². The molecular weight excluding hydrogens is 292 g/mol. The minimum atomic E-state index is -0.00561. The van der Waals surface area contributed by atoms with Crippen molar-refractivity contribution in [3.63, 3.8) is 0 Å². The summed E-state index contributed by atoms with van der Waals surface area (Å²) in [7, 11) is 0. The van der Waals surface area contributed by atoms with Gasteiger partial charge in [-0.3, -0.25) is 9.59 Å². The molecule has 124 valence electrons. The molecule has 1 N–H and O–H groups in total. The van der Waals surface area contributed by atoms with E-state index in [2.05, 4.69) is 5.32 Å². The fourth-order valence-corrected chi connectivity index (χ4v) is 3.33. The zero-order valence-electron chi connectivity index (χ0n) is 13.4. The van der Waals surface area contributed by atoms with Crippen LogP contribution in [0.2, 0.25) is 0 Å². The van der Waals surface area contributed by atoms with Gasteiger partial charge in [-0.25, -0.2) is 0 Å². The first-order chi connectivity index (χ1) is 11.2. The van der Waals surface area contributed by atoms with E-state index in [-0.39, 0.29) is 23.7 Å². The summed E-state index contributed by atoms with van der Waals surface area (Å²) in [6.45, 7) is 2.74. The SMILES string of the molecule is O=C(Nc1ccccc1)C1CCN(C(=O)C2CCOCC2)CC1. The largest absolute Gasteiger partial charge is 0.381 e. The van der Waals surface area contributed by atoms with Crippen molar-refractivity contribution in [2.24, 2.45) is 11.8 Å². The molecule has 5 nitrogen and oxygen atoms in total. The number of anilines is 1. The molecule has 1 aromatic rings. The lowest BCUT2D eigenvalue weighted by Crippen LogP contribution is -2.45. The summed E-state index contributed by atoms with van der Waals surface area (Å²) in [4.78, 5) is 26.7. The number of hydrogen-bond donors (Lipinski definition) is 1. The van der Waals surface area contributed by atoms with E-state index in [0.29, 0.717) is 26.3 Å². The zero-order chi connectivity index (χ0) is 16.1. The lowest BCUT2D eigenvalue weighted by Gasteiger charge is -2.34. The molecule has 2 amide bonds. The van der Waals surface area contributed by atoms with E-state index in [1.165, 1.54) is 0 Å². The second-order valence-electron chi connectivity index (χ2n) is 6.34. The number of hydrogen-bond acceptors (Lipinski definition) is 3. The molecule has 2 aliphatic rings. The van der Waals surface area contributed by atoms with Gasteiger partial charge in [0.15, 0.2) is 0 Å². The molecular formula is C18H24N2O3. The van der Waals surface area contributed by atoms with Crippen molar-refractivity contribution in [1.29, 1.82) is 0 Å². The Balaban J connectivity index is 1.48. The third-order valence-electron chi connectivity index (χ3n) is 4.79. The van der Waals surface area contributed by atoms with Crippen LogP contribution in [-0.2, 0) is 14.3 Å². The summed E-state index contributed by atoms with van der Waals surface area (Å²) in [5.74, 6) is 0.414. The van der Waals surface area contributed by atoms with Crippen LogP contribution >= 0.6 is 0 Å². The van der Waals surface area contributed by atoms with Crippen LogP contribution in [0, 0.1) is 11.8 Å². The molecule has 0 atom stereocenters. The second-order valence-corrected chi connectivity index (χ2v) is 6.34. The minimum absolute atomic E-state index is 0.00561. The molecule has 0 aromatic heterocycles. The van der Waals surface area contributed by atoms with Gasteiger partial charge in [-0.15, -0.1) is 0 Å². The van der Waals surface area contributed by atoms with Gasteiger partial charge in [0.25, 0.3) is 0 Å². The Bertz CT molecular complexity index is 532. The monoisotopic (exact) mass is 316 g/mol. The van der Waals surface area contributed by atoms with Gasteiger partial charge < -0.3 is 15.0 Å². The molecule has 0 aliphatic carbocycles. The van der Waals surface area contributed by atoms with Crippen LogP contribution in [0.3, 0.4) is 0 Å². The number of nitrogens with zero attached hydrogens (tertiary/aromatic N) is 1. The van der Waals surface area contributed by atoms with E-state index in [1.54, 1.807) is 0 Å². The summed E-state index contributed by atoms with van der Waals surface area (Å²) >= 11 is 0. The van der Waals surface area contributed by atoms with Gasteiger partial charge in [-0.2, -0.15) is 0 Å². The van der Waals surface area contributed by atoms with Gasteiger partial charge in [0.1, 0.15) is 0 Å². The Kier molecular flexibility index (Phi) is 5.28. The first kappa shape index (κ1) is 16.0. The predicted molar refractivity (Wildman–Crippen MR) is 87.9 cm³/mol. The number of carbonyl (C=O) groups excluding carboxylic acids is 2. The quantitative estimate of drug-likeness (QED) is 0.931. The van der Waals surface area contributed by atoms with Crippen molar-refractivity contribution < 1.29 is 14.3 Å².